The smallest absolute Gasteiger partial charge is 0.289 e. The minimum atomic E-state index is -0.322. The van der Waals surface area contributed by atoms with E-state index in [1.807, 2.05) is 25.1 Å². The standard InChI is InChI=1S/C17H16N4O4/c1-3-15-20-16(21-25-15)10-4-5-11-12(8-23-13(11)6-10)19-17(22)14-7-18-9(2)24-14/h4-7,12H,3,8H2,1-2H3,(H,19,22)/t12-/m1/s1. The molecule has 1 amide bonds. The number of ether oxygens (including phenoxy) is 1. The summed E-state index contributed by atoms with van der Waals surface area (Å²) in [6, 6.07) is 5.38. The van der Waals surface area contributed by atoms with Gasteiger partial charge in [0.25, 0.3) is 5.91 Å². The average molecular weight is 340 g/mol. The molecular formula is C17H16N4O4. The van der Waals surface area contributed by atoms with E-state index >= 15 is 0 Å². The summed E-state index contributed by atoms with van der Waals surface area (Å²) in [5.74, 6) is 2.11. The second kappa shape index (κ2) is 6.04. The third kappa shape index (κ3) is 2.86. The molecule has 2 aromatic heterocycles. The molecule has 0 fully saturated rings. The van der Waals surface area contributed by atoms with Crippen molar-refractivity contribution in [1.82, 2.24) is 20.4 Å². The Bertz CT molecular complexity index is 930. The van der Waals surface area contributed by atoms with Gasteiger partial charge in [0, 0.05) is 24.5 Å². The van der Waals surface area contributed by atoms with E-state index in [1.54, 1.807) is 6.92 Å². The lowest BCUT2D eigenvalue weighted by Gasteiger charge is -2.10. The highest BCUT2D eigenvalue weighted by atomic mass is 16.5. The zero-order valence-corrected chi connectivity index (χ0v) is 13.8. The van der Waals surface area contributed by atoms with Gasteiger partial charge in [0.2, 0.25) is 17.5 Å². The van der Waals surface area contributed by atoms with Crippen molar-refractivity contribution in [1.29, 1.82) is 0 Å². The predicted octanol–water partition coefficient (Wildman–Crippen LogP) is 2.46. The summed E-state index contributed by atoms with van der Waals surface area (Å²) < 4.78 is 16.1. The monoisotopic (exact) mass is 340 g/mol. The van der Waals surface area contributed by atoms with E-state index in [0.717, 1.165) is 11.1 Å². The molecule has 0 saturated carbocycles. The highest BCUT2D eigenvalue weighted by molar-refractivity contribution is 5.91. The van der Waals surface area contributed by atoms with Gasteiger partial charge in [-0.3, -0.25) is 4.79 Å². The average Bonchev–Trinajstić information content (AvgIpc) is 3.34. The number of fused-ring (bicyclic) bond motifs is 1. The fourth-order valence-electron chi connectivity index (χ4n) is 2.68. The van der Waals surface area contributed by atoms with Gasteiger partial charge in [-0.05, 0) is 6.07 Å². The SMILES string of the molecule is CCc1nc(-c2ccc3c(c2)OC[C@H]3NC(=O)c2cnc(C)o2)no1. The fourth-order valence-corrected chi connectivity index (χ4v) is 2.68. The summed E-state index contributed by atoms with van der Waals surface area (Å²) >= 11 is 0. The van der Waals surface area contributed by atoms with Crippen LogP contribution in [-0.2, 0) is 6.42 Å². The molecule has 0 aliphatic carbocycles. The molecule has 0 spiro atoms. The van der Waals surface area contributed by atoms with Crippen LogP contribution in [0.3, 0.4) is 0 Å². The molecule has 0 unspecified atom stereocenters. The molecule has 0 radical (unpaired) electrons. The number of aromatic nitrogens is 3. The minimum absolute atomic E-state index is 0.182. The highest BCUT2D eigenvalue weighted by Crippen LogP contribution is 2.35. The number of amides is 1. The number of nitrogens with one attached hydrogen (secondary N) is 1. The number of rotatable bonds is 4. The lowest BCUT2D eigenvalue weighted by atomic mass is 10.1. The van der Waals surface area contributed by atoms with Crippen LogP contribution in [0.5, 0.6) is 5.75 Å². The van der Waals surface area contributed by atoms with Crippen molar-refractivity contribution in [3.05, 3.63) is 47.5 Å². The van der Waals surface area contributed by atoms with E-state index < -0.39 is 0 Å². The largest absolute Gasteiger partial charge is 0.491 e. The second-order valence-electron chi connectivity index (χ2n) is 5.70. The lowest BCUT2D eigenvalue weighted by Crippen LogP contribution is -2.29. The number of aryl methyl sites for hydroxylation is 2. The van der Waals surface area contributed by atoms with E-state index in [1.165, 1.54) is 6.20 Å². The van der Waals surface area contributed by atoms with Crippen LogP contribution in [0.15, 0.2) is 33.3 Å². The number of hydrogen-bond donors (Lipinski definition) is 1. The maximum absolute atomic E-state index is 12.2. The first kappa shape index (κ1) is 15.4. The van der Waals surface area contributed by atoms with Gasteiger partial charge in [-0.15, -0.1) is 0 Å². The summed E-state index contributed by atoms with van der Waals surface area (Å²) in [6.07, 6.45) is 2.09. The molecule has 1 aliphatic heterocycles. The Morgan fingerprint density at radius 2 is 2.28 bits per heavy atom. The zero-order chi connectivity index (χ0) is 17.4. The number of oxazole rings is 1. The van der Waals surface area contributed by atoms with Crippen molar-refractivity contribution in [2.45, 2.75) is 26.3 Å². The quantitative estimate of drug-likeness (QED) is 0.778. The zero-order valence-electron chi connectivity index (χ0n) is 13.8. The number of carbonyl (C=O) groups excluding carboxylic acids is 1. The third-order valence-electron chi connectivity index (χ3n) is 3.97. The van der Waals surface area contributed by atoms with Crippen molar-refractivity contribution in [2.24, 2.45) is 0 Å². The Morgan fingerprint density at radius 1 is 1.40 bits per heavy atom. The Morgan fingerprint density at radius 3 is 3.00 bits per heavy atom. The van der Waals surface area contributed by atoms with E-state index in [2.05, 4.69) is 20.4 Å². The molecule has 8 heteroatoms. The Balaban J connectivity index is 1.54. The summed E-state index contributed by atoms with van der Waals surface area (Å²) in [7, 11) is 0. The first-order chi connectivity index (χ1) is 12.1. The van der Waals surface area contributed by atoms with Crippen LogP contribution < -0.4 is 10.1 Å². The normalized spacial score (nSPS) is 15.7. The van der Waals surface area contributed by atoms with E-state index in [9.17, 15) is 4.79 Å². The molecule has 0 saturated heterocycles. The molecule has 128 valence electrons. The van der Waals surface area contributed by atoms with Gasteiger partial charge in [-0.1, -0.05) is 24.2 Å². The number of benzene rings is 1. The number of hydrogen-bond acceptors (Lipinski definition) is 7. The van der Waals surface area contributed by atoms with Crippen molar-refractivity contribution in [3.8, 4) is 17.1 Å². The van der Waals surface area contributed by atoms with Gasteiger partial charge in [-0.2, -0.15) is 4.98 Å². The third-order valence-corrected chi connectivity index (χ3v) is 3.97. The summed E-state index contributed by atoms with van der Waals surface area (Å²) in [5.41, 5.74) is 1.70. The van der Waals surface area contributed by atoms with Crippen LogP contribution in [0.2, 0.25) is 0 Å². The summed E-state index contributed by atoms with van der Waals surface area (Å²) in [6.45, 7) is 3.99. The van der Waals surface area contributed by atoms with Gasteiger partial charge >= 0.3 is 0 Å². The van der Waals surface area contributed by atoms with Gasteiger partial charge in [0.15, 0.2) is 5.89 Å². The van der Waals surface area contributed by atoms with E-state index in [-0.39, 0.29) is 17.7 Å². The summed E-state index contributed by atoms with van der Waals surface area (Å²) in [5, 5.41) is 6.85. The molecule has 25 heavy (non-hydrogen) atoms. The highest BCUT2D eigenvalue weighted by Gasteiger charge is 2.27. The first-order valence-electron chi connectivity index (χ1n) is 7.97. The van der Waals surface area contributed by atoms with Crippen LogP contribution in [0, 0.1) is 6.92 Å². The van der Waals surface area contributed by atoms with Crippen molar-refractivity contribution < 1.29 is 18.5 Å². The molecule has 0 bridgehead atoms. The topological polar surface area (TPSA) is 103 Å². The molecule has 1 N–H and O–H groups in total. The van der Waals surface area contributed by atoms with Crippen molar-refractivity contribution in [3.63, 3.8) is 0 Å². The van der Waals surface area contributed by atoms with Gasteiger partial charge in [0.1, 0.15) is 12.4 Å². The maximum Gasteiger partial charge on any atom is 0.289 e. The Kier molecular flexibility index (Phi) is 3.72. The molecule has 1 aliphatic rings. The van der Waals surface area contributed by atoms with Crippen LogP contribution in [-0.4, -0.2) is 27.6 Å². The molecule has 4 rings (SSSR count). The van der Waals surface area contributed by atoms with Gasteiger partial charge < -0.3 is 19.0 Å². The Hall–Kier alpha value is -3.16. The number of carbonyl (C=O) groups is 1. The molecule has 8 nitrogen and oxygen atoms in total. The minimum Gasteiger partial charge on any atom is -0.491 e. The fraction of sp³-hybridized carbons (Fsp3) is 0.294. The van der Waals surface area contributed by atoms with Crippen LogP contribution in [0.25, 0.3) is 11.4 Å². The van der Waals surface area contributed by atoms with Gasteiger partial charge in [0.05, 0.1) is 12.2 Å². The first-order valence-corrected chi connectivity index (χ1v) is 7.97. The van der Waals surface area contributed by atoms with Crippen LogP contribution in [0.4, 0.5) is 0 Å². The lowest BCUT2D eigenvalue weighted by molar-refractivity contribution is 0.0901. The predicted molar refractivity (Wildman–Crippen MR) is 86.1 cm³/mol. The molecular weight excluding hydrogens is 324 g/mol. The van der Waals surface area contributed by atoms with Crippen LogP contribution >= 0.6 is 0 Å². The van der Waals surface area contributed by atoms with Crippen LogP contribution in [0.1, 0.15) is 40.9 Å². The molecule has 1 atom stereocenters. The van der Waals surface area contributed by atoms with E-state index in [0.29, 0.717) is 36.4 Å². The molecule has 1 aromatic carbocycles. The summed E-state index contributed by atoms with van der Waals surface area (Å²) in [4.78, 5) is 20.5. The van der Waals surface area contributed by atoms with Gasteiger partial charge in [-0.25, -0.2) is 4.98 Å². The maximum atomic E-state index is 12.2. The van der Waals surface area contributed by atoms with E-state index in [4.69, 9.17) is 13.7 Å². The van der Waals surface area contributed by atoms with Crippen molar-refractivity contribution >= 4 is 5.91 Å². The molecule has 3 heterocycles. The molecule has 3 aromatic rings. The second-order valence-corrected chi connectivity index (χ2v) is 5.70. The Labute approximate surface area is 143 Å². The van der Waals surface area contributed by atoms with Crippen molar-refractivity contribution in [2.75, 3.05) is 6.61 Å². The number of nitrogens with zero attached hydrogens (tertiary/aromatic N) is 3.